The van der Waals surface area contributed by atoms with Crippen LogP contribution in [0.3, 0.4) is 0 Å². The van der Waals surface area contributed by atoms with Crippen LogP contribution in [0, 0.1) is 0 Å². The minimum absolute atomic E-state index is 0.0242. The van der Waals surface area contributed by atoms with E-state index in [-0.39, 0.29) is 23.3 Å². The molecular formula is C6H8FN5O2S. The van der Waals surface area contributed by atoms with Crippen LogP contribution in [0.1, 0.15) is 5.82 Å². The van der Waals surface area contributed by atoms with Crippen LogP contribution >= 0.6 is 11.5 Å². The van der Waals surface area contributed by atoms with Crippen LogP contribution < -0.4 is 11.5 Å². The maximum atomic E-state index is 11.7. The Morgan fingerprint density at radius 1 is 1.67 bits per heavy atom. The number of primary amides is 1. The van der Waals surface area contributed by atoms with Gasteiger partial charge in [-0.2, -0.15) is 9.36 Å². The largest absolute Gasteiger partial charge is 0.392 e. The van der Waals surface area contributed by atoms with Crippen molar-refractivity contribution in [2.45, 2.75) is 0 Å². The predicted octanol–water partition coefficient (Wildman–Crippen LogP) is -0.704. The molecule has 0 aliphatic rings. The Morgan fingerprint density at radius 2 is 2.40 bits per heavy atom. The fourth-order valence-electron chi connectivity index (χ4n) is 0.672. The lowest BCUT2D eigenvalue weighted by Gasteiger charge is -1.97. The first kappa shape index (κ1) is 11.3. The zero-order chi connectivity index (χ0) is 11.3. The van der Waals surface area contributed by atoms with Gasteiger partial charge in [0.25, 0.3) is 5.91 Å². The van der Waals surface area contributed by atoms with E-state index in [9.17, 15) is 9.18 Å². The van der Waals surface area contributed by atoms with Crippen molar-refractivity contribution in [3.8, 4) is 0 Å². The Hall–Kier alpha value is -1.77. The number of hydrogen-bond donors (Lipinski definition) is 2. The number of oxime groups is 1. The van der Waals surface area contributed by atoms with Crippen molar-refractivity contribution in [2.24, 2.45) is 10.9 Å². The van der Waals surface area contributed by atoms with Crippen molar-refractivity contribution in [3.05, 3.63) is 5.82 Å². The molecule has 0 bridgehead atoms. The number of aromatic nitrogens is 2. The number of halogens is 1. The number of nitrogens with zero attached hydrogens (tertiary/aromatic N) is 3. The third kappa shape index (κ3) is 3.13. The summed E-state index contributed by atoms with van der Waals surface area (Å²) in [5.41, 5.74) is 10.0. The number of alkyl halides is 1. The normalized spacial score (nSPS) is 11.4. The van der Waals surface area contributed by atoms with Gasteiger partial charge >= 0.3 is 0 Å². The molecule has 0 radical (unpaired) electrons. The molecule has 1 rings (SSSR count). The molecular weight excluding hydrogens is 225 g/mol. The highest BCUT2D eigenvalue weighted by Gasteiger charge is 2.16. The minimum Gasteiger partial charge on any atom is -0.392 e. The summed E-state index contributed by atoms with van der Waals surface area (Å²) in [6.45, 7) is -0.988. The van der Waals surface area contributed by atoms with Crippen molar-refractivity contribution in [1.29, 1.82) is 0 Å². The van der Waals surface area contributed by atoms with E-state index in [4.69, 9.17) is 11.5 Å². The van der Waals surface area contributed by atoms with E-state index in [1.54, 1.807) is 0 Å². The van der Waals surface area contributed by atoms with Gasteiger partial charge in [-0.3, -0.25) is 4.79 Å². The highest BCUT2D eigenvalue weighted by molar-refractivity contribution is 7.09. The van der Waals surface area contributed by atoms with Gasteiger partial charge in [0.1, 0.15) is 13.3 Å². The van der Waals surface area contributed by atoms with Crippen LogP contribution in [0.2, 0.25) is 0 Å². The monoisotopic (exact) mass is 233 g/mol. The standard InChI is InChI=1S/C6H8FN5O2S/c7-1-2-14-11-3(4(8)13)5-10-6(9)15-12-5/h1-2H2,(H2,8,13)(H2,9,10,12)/b11-3+. The van der Waals surface area contributed by atoms with Gasteiger partial charge < -0.3 is 16.3 Å². The summed E-state index contributed by atoms with van der Waals surface area (Å²) in [7, 11) is 0. The molecule has 4 N–H and O–H groups in total. The number of carbonyl (C=O) groups excluding carboxylic acids is 1. The summed E-state index contributed by atoms with van der Waals surface area (Å²) >= 11 is 0.888. The molecule has 1 amide bonds. The number of nitrogen functional groups attached to an aromatic ring is 1. The maximum absolute atomic E-state index is 11.7. The Balaban J connectivity index is 2.83. The average Bonchev–Trinajstić information content (AvgIpc) is 2.59. The van der Waals surface area contributed by atoms with Crippen molar-refractivity contribution in [1.82, 2.24) is 9.36 Å². The second-order valence-electron chi connectivity index (χ2n) is 2.28. The van der Waals surface area contributed by atoms with E-state index in [0.717, 1.165) is 11.5 Å². The molecule has 1 heterocycles. The van der Waals surface area contributed by atoms with Crippen LogP contribution in [0.25, 0.3) is 0 Å². The van der Waals surface area contributed by atoms with Gasteiger partial charge in [0, 0.05) is 11.5 Å². The van der Waals surface area contributed by atoms with Crippen LogP contribution in [0.4, 0.5) is 9.52 Å². The van der Waals surface area contributed by atoms with E-state index in [0.29, 0.717) is 0 Å². The van der Waals surface area contributed by atoms with Crippen LogP contribution in [-0.4, -0.2) is 34.3 Å². The Bertz CT molecular complexity index is 379. The number of anilines is 1. The summed E-state index contributed by atoms with van der Waals surface area (Å²) in [4.78, 5) is 19.1. The van der Waals surface area contributed by atoms with Crippen molar-refractivity contribution in [2.75, 3.05) is 19.0 Å². The molecule has 0 aromatic carbocycles. The molecule has 1 aromatic rings. The van der Waals surface area contributed by atoms with Gasteiger partial charge in [0.05, 0.1) is 0 Å². The average molecular weight is 233 g/mol. The van der Waals surface area contributed by atoms with Crippen LogP contribution in [0.5, 0.6) is 0 Å². The summed E-state index contributed by atoms with van der Waals surface area (Å²) in [6, 6.07) is 0. The summed E-state index contributed by atoms with van der Waals surface area (Å²) in [6.07, 6.45) is 0. The van der Waals surface area contributed by atoms with Crippen molar-refractivity contribution >= 4 is 28.3 Å². The topological polar surface area (TPSA) is 116 Å². The molecule has 0 aliphatic heterocycles. The molecule has 0 aliphatic carbocycles. The first-order chi connectivity index (χ1) is 7.15. The number of carbonyl (C=O) groups is 1. The lowest BCUT2D eigenvalue weighted by molar-refractivity contribution is -0.112. The second kappa shape index (κ2) is 5.20. The molecule has 0 spiro atoms. The molecule has 7 nitrogen and oxygen atoms in total. The number of amides is 1. The van der Waals surface area contributed by atoms with E-state index in [2.05, 4.69) is 19.4 Å². The summed E-state index contributed by atoms with van der Waals surface area (Å²) < 4.78 is 15.4. The molecule has 0 saturated heterocycles. The number of hydrogen-bond acceptors (Lipinski definition) is 7. The van der Waals surface area contributed by atoms with Crippen molar-refractivity contribution < 1.29 is 14.0 Å². The molecule has 0 atom stereocenters. The van der Waals surface area contributed by atoms with Gasteiger partial charge in [0.2, 0.25) is 11.5 Å². The smallest absolute Gasteiger partial charge is 0.274 e. The van der Waals surface area contributed by atoms with Gasteiger partial charge in [-0.25, -0.2) is 4.39 Å². The number of rotatable bonds is 5. The van der Waals surface area contributed by atoms with E-state index in [1.807, 2.05) is 0 Å². The molecule has 15 heavy (non-hydrogen) atoms. The van der Waals surface area contributed by atoms with E-state index in [1.165, 1.54) is 0 Å². The third-order valence-electron chi connectivity index (χ3n) is 1.21. The lowest BCUT2D eigenvalue weighted by Crippen LogP contribution is -2.25. The highest BCUT2D eigenvalue weighted by Crippen LogP contribution is 2.06. The Kier molecular flexibility index (Phi) is 3.92. The lowest BCUT2D eigenvalue weighted by atomic mass is 10.3. The molecule has 0 unspecified atom stereocenters. The van der Waals surface area contributed by atoms with Gasteiger partial charge in [-0.05, 0) is 0 Å². The molecule has 82 valence electrons. The minimum atomic E-state index is -0.869. The molecule has 1 aromatic heterocycles. The fraction of sp³-hybridized carbons (Fsp3) is 0.333. The Morgan fingerprint density at radius 3 is 2.87 bits per heavy atom. The summed E-state index contributed by atoms with van der Waals surface area (Å²) in [5, 5.41) is 3.50. The zero-order valence-corrected chi connectivity index (χ0v) is 8.33. The molecule has 0 fully saturated rings. The van der Waals surface area contributed by atoms with E-state index < -0.39 is 12.6 Å². The summed E-state index contributed by atoms with van der Waals surface area (Å²) in [5.74, 6) is -0.893. The fourth-order valence-corrected chi connectivity index (χ4v) is 1.11. The first-order valence-corrected chi connectivity index (χ1v) is 4.57. The van der Waals surface area contributed by atoms with Crippen LogP contribution in [-0.2, 0) is 9.63 Å². The Labute approximate surface area is 88.1 Å². The molecule has 0 saturated carbocycles. The first-order valence-electron chi connectivity index (χ1n) is 3.80. The second-order valence-corrected chi connectivity index (χ2v) is 3.07. The van der Waals surface area contributed by atoms with Crippen molar-refractivity contribution in [3.63, 3.8) is 0 Å². The SMILES string of the molecule is NC(=O)/C(=N\OCCF)c1nsc(N)n1. The van der Waals surface area contributed by atoms with Gasteiger partial charge in [0.15, 0.2) is 5.13 Å². The predicted molar refractivity (Wildman–Crippen MR) is 52.0 cm³/mol. The van der Waals surface area contributed by atoms with Gasteiger partial charge in [-0.1, -0.05) is 5.16 Å². The zero-order valence-electron chi connectivity index (χ0n) is 7.51. The maximum Gasteiger partial charge on any atom is 0.274 e. The van der Waals surface area contributed by atoms with E-state index >= 15 is 0 Å². The molecule has 9 heteroatoms. The van der Waals surface area contributed by atoms with Crippen LogP contribution in [0.15, 0.2) is 5.16 Å². The quantitative estimate of drug-likeness (QED) is 0.396. The highest BCUT2D eigenvalue weighted by atomic mass is 32.1. The number of nitrogens with two attached hydrogens (primary N) is 2. The van der Waals surface area contributed by atoms with Gasteiger partial charge in [-0.15, -0.1) is 0 Å². The third-order valence-corrected chi connectivity index (χ3v) is 1.75.